The molecule has 0 radical (unpaired) electrons. The van der Waals surface area contributed by atoms with Crippen molar-refractivity contribution < 1.29 is 14.5 Å². The maximum Gasteiger partial charge on any atom is 0.292 e. The maximum absolute atomic E-state index is 13.7. The number of aromatic nitrogens is 2. The number of methoxy groups -OCH3 is 1. The summed E-state index contributed by atoms with van der Waals surface area (Å²) >= 11 is 0. The molecule has 0 spiro atoms. The van der Waals surface area contributed by atoms with Gasteiger partial charge in [-0.25, -0.2) is 0 Å². The number of anilines is 1. The van der Waals surface area contributed by atoms with Crippen LogP contribution in [0.25, 0.3) is 11.3 Å². The molecule has 9 heteroatoms. The largest absolute Gasteiger partial charge is 0.497 e. The Morgan fingerprint density at radius 1 is 0.973 bits per heavy atom. The molecule has 9 nitrogen and oxygen atoms in total. The number of nitro groups is 1. The molecule has 5 rings (SSSR count). The van der Waals surface area contributed by atoms with Gasteiger partial charge < -0.3 is 14.5 Å². The fourth-order valence-corrected chi connectivity index (χ4v) is 4.62. The van der Waals surface area contributed by atoms with Crippen molar-refractivity contribution in [1.82, 2.24) is 14.7 Å². The highest BCUT2D eigenvalue weighted by atomic mass is 16.6. The van der Waals surface area contributed by atoms with Crippen molar-refractivity contribution in [3.63, 3.8) is 0 Å². The molecular formula is C28H27N5O4. The van der Waals surface area contributed by atoms with Crippen LogP contribution in [0, 0.1) is 10.1 Å². The van der Waals surface area contributed by atoms with Gasteiger partial charge in [0.05, 0.1) is 24.1 Å². The van der Waals surface area contributed by atoms with Crippen LogP contribution in [0.2, 0.25) is 0 Å². The molecule has 0 bridgehead atoms. The summed E-state index contributed by atoms with van der Waals surface area (Å²) in [4.78, 5) is 28.6. The fraction of sp³-hybridized carbons (Fsp3) is 0.214. The summed E-state index contributed by atoms with van der Waals surface area (Å²) in [5.74, 6) is 0.575. The highest BCUT2D eigenvalue weighted by molar-refractivity contribution is 6.00. The topological polar surface area (TPSA) is 93.7 Å². The first-order chi connectivity index (χ1) is 18.0. The van der Waals surface area contributed by atoms with Gasteiger partial charge in [0.25, 0.3) is 11.6 Å². The summed E-state index contributed by atoms with van der Waals surface area (Å²) < 4.78 is 7.18. The van der Waals surface area contributed by atoms with Gasteiger partial charge in [-0.05, 0) is 23.8 Å². The van der Waals surface area contributed by atoms with Crippen molar-refractivity contribution in [2.45, 2.75) is 6.54 Å². The van der Waals surface area contributed by atoms with Crippen LogP contribution >= 0.6 is 0 Å². The molecule has 0 unspecified atom stereocenters. The van der Waals surface area contributed by atoms with Crippen LogP contribution in [0.4, 0.5) is 11.4 Å². The maximum atomic E-state index is 13.7. The molecular weight excluding hydrogens is 470 g/mol. The van der Waals surface area contributed by atoms with Crippen LogP contribution in [0.3, 0.4) is 0 Å². The zero-order chi connectivity index (χ0) is 25.8. The molecule has 0 atom stereocenters. The molecule has 1 aliphatic heterocycles. The fourth-order valence-electron chi connectivity index (χ4n) is 4.62. The van der Waals surface area contributed by atoms with Gasteiger partial charge in [0.2, 0.25) is 0 Å². The lowest BCUT2D eigenvalue weighted by molar-refractivity contribution is -0.384. The van der Waals surface area contributed by atoms with E-state index in [1.165, 1.54) is 6.07 Å². The first kappa shape index (κ1) is 24.1. The minimum Gasteiger partial charge on any atom is -0.497 e. The second kappa shape index (κ2) is 10.5. The van der Waals surface area contributed by atoms with Gasteiger partial charge in [0.1, 0.15) is 17.1 Å². The average molecular weight is 498 g/mol. The third-order valence-corrected chi connectivity index (χ3v) is 6.51. The van der Waals surface area contributed by atoms with Gasteiger partial charge >= 0.3 is 0 Å². The number of rotatable bonds is 7. The quantitative estimate of drug-likeness (QED) is 0.276. The Bertz CT molecular complexity index is 1410. The number of carbonyl (C=O) groups is 1. The molecule has 1 aromatic heterocycles. The van der Waals surface area contributed by atoms with Gasteiger partial charge in [0.15, 0.2) is 0 Å². The number of nitro benzene ring substituents is 1. The number of para-hydroxylation sites is 2. The molecule has 188 valence electrons. The standard InChI is InChI=1S/C28H27N5O4/c1-37-23-11-7-10-22(18-23)27-24(20-32(29-27)19-21-8-3-2-4-9-21)28(34)31-16-14-30(15-17-31)25-12-5-6-13-26(25)33(35)36/h2-13,18,20H,14-17,19H2,1H3. The van der Waals surface area contributed by atoms with E-state index in [-0.39, 0.29) is 16.5 Å². The summed E-state index contributed by atoms with van der Waals surface area (Å²) in [6, 6.07) is 24.2. The summed E-state index contributed by atoms with van der Waals surface area (Å²) in [6.45, 7) is 2.45. The summed E-state index contributed by atoms with van der Waals surface area (Å²) in [5, 5.41) is 16.3. The van der Waals surface area contributed by atoms with Crippen molar-refractivity contribution in [3.8, 4) is 17.0 Å². The van der Waals surface area contributed by atoms with Gasteiger partial charge in [-0.3, -0.25) is 19.6 Å². The number of nitrogens with zero attached hydrogens (tertiary/aromatic N) is 5. The number of benzene rings is 3. The van der Waals surface area contributed by atoms with E-state index in [0.717, 1.165) is 11.1 Å². The Morgan fingerprint density at radius 2 is 1.70 bits per heavy atom. The van der Waals surface area contributed by atoms with Gasteiger partial charge in [-0.2, -0.15) is 5.10 Å². The van der Waals surface area contributed by atoms with E-state index in [4.69, 9.17) is 9.84 Å². The van der Waals surface area contributed by atoms with Crippen LogP contribution in [0.5, 0.6) is 5.75 Å². The predicted molar refractivity (Wildman–Crippen MR) is 141 cm³/mol. The molecule has 1 amide bonds. The minimum absolute atomic E-state index is 0.0739. The number of hydrogen-bond acceptors (Lipinski definition) is 6. The minimum atomic E-state index is -0.367. The van der Waals surface area contributed by atoms with Crippen LogP contribution < -0.4 is 9.64 Å². The lowest BCUT2D eigenvalue weighted by Gasteiger charge is -2.35. The molecule has 0 saturated carbocycles. The molecule has 4 aromatic rings. The van der Waals surface area contributed by atoms with Gasteiger partial charge in [-0.1, -0.05) is 54.6 Å². The lowest BCUT2D eigenvalue weighted by atomic mass is 10.1. The van der Waals surface area contributed by atoms with Crippen molar-refractivity contribution in [3.05, 3.63) is 106 Å². The molecule has 1 fully saturated rings. The summed E-state index contributed by atoms with van der Waals surface area (Å²) in [6.07, 6.45) is 1.80. The SMILES string of the molecule is COc1cccc(-c2nn(Cc3ccccc3)cc2C(=O)N2CCN(c3ccccc3[N+](=O)[O-])CC2)c1. The highest BCUT2D eigenvalue weighted by Crippen LogP contribution is 2.30. The van der Waals surface area contributed by atoms with E-state index in [2.05, 4.69) is 0 Å². The van der Waals surface area contributed by atoms with Crippen molar-refractivity contribution in [2.24, 2.45) is 0 Å². The predicted octanol–water partition coefficient (Wildman–Crippen LogP) is 4.48. The van der Waals surface area contributed by atoms with Gasteiger partial charge in [-0.15, -0.1) is 0 Å². The summed E-state index contributed by atoms with van der Waals surface area (Å²) in [7, 11) is 1.61. The Balaban J connectivity index is 1.40. The van der Waals surface area contributed by atoms with Gasteiger partial charge in [0, 0.05) is 44.0 Å². The molecule has 2 heterocycles. The van der Waals surface area contributed by atoms with E-state index in [0.29, 0.717) is 55.4 Å². The van der Waals surface area contributed by atoms with Crippen molar-refractivity contribution >= 4 is 17.3 Å². The van der Waals surface area contributed by atoms with E-state index in [1.807, 2.05) is 59.5 Å². The number of amides is 1. The number of ether oxygens (including phenoxy) is 1. The first-order valence-electron chi connectivity index (χ1n) is 12.1. The van der Waals surface area contributed by atoms with E-state index >= 15 is 0 Å². The number of hydrogen-bond donors (Lipinski definition) is 0. The second-order valence-corrected chi connectivity index (χ2v) is 8.83. The molecule has 0 N–H and O–H groups in total. The third-order valence-electron chi connectivity index (χ3n) is 6.51. The molecule has 3 aromatic carbocycles. The Hall–Kier alpha value is -4.66. The van der Waals surface area contributed by atoms with Crippen molar-refractivity contribution in [2.75, 3.05) is 38.2 Å². The van der Waals surface area contributed by atoms with E-state index < -0.39 is 0 Å². The van der Waals surface area contributed by atoms with Crippen molar-refractivity contribution in [1.29, 1.82) is 0 Å². The molecule has 0 aliphatic carbocycles. The Labute approximate surface area is 214 Å². The zero-order valence-corrected chi connectivity index (χ0v) is 20.5. The molecule has 1 saturated heterocycles. The highest BCUT2D eigenvalue weighted by Gasteiger charge is 2.28. The lowest BCUT2D eigenvalue weighted by Crippen LogP contribution is -2.49. The monoisotopic (exact) mass is 497 g/mol. The van der Waals surface area contributed by atoms with Crippen LogP contribution in [0.15, 0.2) is 85.1 Å². The average Bonchev–Trinajstić information content (AvgIpc) is 3.37. The van der Waals surface area contributed by atoms with Crippen LogP contribution in [0.1, 0.15) is 15.9 Å². The smallest absolute Gasteiger partial charge is 0.292 e. The first-order valence-corrected chi connectivity index (χ1v) is 12.1. The number of piperazine rings is 1. The van der Waals surface area contributed by atoms with E-state index in [1.54, 1.807) is 41.1 Å². The summed E-state index contributed by atoms with van der Waals surface area (Å²) in [5.41, 5.74) is 3.65. The van der Waals surface area contributed by atoms with E-state index in [9.17, 15) is 14.9 Å². The van der Waals surface area contributed by atoms with Crippen LogP contribution in [-0.4, -0.2) is 58.8 Å². The molecule has 37 heavy (non-hydrogen) atoms. The second-order valence-electron chi connectivity index (χ2n) is 8.83. The Kier molecular flexibility index (Phi) is 6.85. The zero-order valence-electron chi connectivity index (χ0n) is 20.5. The Morgan fingerprint density at radius 3 is 2.43 bits per heavy atom. The van der Waals surface area contributed by atoms with Crippen LogP contribution in [-0.2, 0) is 6.54 Å². The third kappa shape index (κ3) is 5.16. The molecule has 1 aliphatic rings. The number of carbonyl (C=O) groups excluding carboxylic acids is 1. The normalized spacial score (nSPS) is 13.4.